The quantitative estimate of drug-likeness (QED) is 0.614. The number of hydrogen-bond donors (Lipinski definition) is 1. The number of fused-ring (bicyclic) bond motifs is 1. The molecule has 28 heavy (non-hydrogen) atoms. The van der Waals surface area contributed by atoms with Crippen molar-refractivity contribution in [2.45, 2.75) is 27.2 Å². The van der Waals surface area contributed by atoms with Crippen molar-refractivity contribution >= 4 is 22.4 Å². The number of methoxy groups -OCH3 is 1. The van der Waals surface area contributed by atoms with Gasteiger partial charge in [0, 0.05) is 29.1 Å². The van der Waals surface area contributed by atoms with E-state index in [1.54, 1.807) is 31.6 Å². The number of furan rings is 1. The molecule has 3 rings (SSSR count). The first-order valence-electron chi connectivity index (χ1n) is 9.17. The summed E-state index contributed by atoms with van der Waals surface area (Å²) >= 11 is 0. The maximum absolute atomic E-state index is 12.9. The minimum atomic E-state index is -0.264. The monoisotopic (exact) mass is 381 g/mol. The minimum absolute atomic E-state index is 0.177. The van der Waals surface area contributed by atoms with Crippen LogP contribution in [0.2, 0.25) is 0 Å². The lowest BCUT2D eigenvalue weighted by Crippen LogP contribution is -2.23. The molecule has 0 unspecified atom stereocenters. The fourth-order valence-corrected chi connectivity index (χ4v) is 3.30. The molecule has 0 aliphatic heterocycles. The predicted molar refractivity (Wildman–Crippen MR) is 109 cm³/mol. The van der Waals surface area contributed by atoms with E-state index >= 15 is 0 Å². The molecule has 0 fully saturated rings. The van der Waals surface area contributed by atoms with E-state index in [4.69, 9.17) is 9.15 Å². The van der Waals surface area contributed by atoms with E-state index in [2.05, 4.69) is 5.32 Å². The Morgan fingerprint density at radius 3 is 2.64 bits per heavy atom. The Kier molecular flexibility index (Phi) is 5.83. The Morgan fingerprint density at radius 1 is 1.25 bits per heavy atom. The first-order valence-corrected chi connectivity index (χ1v) is 9.17. The number of amides is 1. The lowest BCUT2D eigenvalue weighted by molar-refractivity contribution is -0.116. The van der Waals surface area contributed by atoms with Gasteiger partial charge in [-0.3, -0.25) is 4.79 Å². The normalized spacial score (nSPS) is 11.7. The molecule has 1 aromatic heterocycles. The zero-order chi connectivity index (χ0) is 20.3. The number of allylic oxidation sites excluding steroid dienone is 1. The molecule has 0 aliphatic rings. The summed E-state index contributed by atoms with van der Waals surface area (Å²) in [4.78, 5) is 12.3. The van der Waals surface area contributed by atoms with Gasteiger partial charge >= 0.3 is 0 Å². The van der Waals surface area contributed by atoms with Crippen LogP contribution in [0.1, 0.15) is 29.2 Å². The van der Waals surface area contributed by atoms with E-state index in [1.807, 2.05) is 26.8 Å². The van der Waals surface area contributed by atoms with Crippen LogP contribution in [0.25, 0.3) is 16.5 Å². The van der Waals surface area contributed by atoms with E-state index in [1.165, 1.54) is 12.1 Å². The largest absolute Gasteiger partial charge is 0.496 e. The van der Waals surface area contributed by atoms with Crippen LogP contribution in [-0.4, -0.2) is 19.6 Å². The third kappa shape index (κ3) is 4.09. The van der Waals surface area contributed by atoms with E-state index in [0.717, 1.165) is 38.8 Å². The summed E-state index contributed by atoms with van der Waals surface area (Å²) in [6.45, 7) is 6.30. The second kappa shape index (κ2) is 8.30. The van der Waals surface area contributed by atoms with Crippen molar-refractivity contribution in [2.75, 3.05) is 13.7 Å². The van der Waals surface area contributed by atoms with E-state index in [9.17, 15) is 9.18 Å². The maximum Gasteiger partial charge on any atom is 0.244 e. The van der Waals surface area contributed by atoms with Gasteiger partial charge in [0.1, 0.15) is 17.1 Å². The average Bonchev–Trinajstić information content (AvgIpc) is 3.04. The molecule has 0 atom stereocenters. The molecule has 0 radical (unpaired) electrons. The number of carbonyl (C=O) groups is 1. The highest BCUT2D eigenvalue weighted by Crippen LogP contribution is 2.37. The van der Waals surface area contributed by atoms with Crippen LogP contribution in [0, 0.1) is 19.7 Å². The first kappa shape index (κ1) is 19.7. The molecule has 3 aromatic rings. The van der Waals surface area contributed by atoms with Crippen molar-refractivity contribution in [3.63, 3.8) is 0 Å². The number of halogens is 1. The molecule has 0 saturated heterocycles. The second-order valence-corrected chi connectivity index (χ2v) is 6.87. The van der Waals surface area contributed by atoms with Gasteiger partial charge in [0.25, 0.3) is 0 Å². The van der Waals surface area contributed by atoms with Crippen LogP contribution in [-0.2, 0) is 11.2 Å². The van der Waals surface area contributed by atoms with Gasteiger partial charge in [-0.2, -0.15) is 0 Å². The van der Waals surface area contributed by atoms with Crippen LogP contribution in [0.5, 0.6) is 5.75 Å². The Bertz CT molecular complexity index is 1030. The molecule has 1 heterocycles. The fraction of sp³-hybridized carbons (Fsp3) is 0.261. The molecule has 0 aliphatic carbocycles. The van der Waals surface area contributed by atoms with E-state index < -0.39 is 0 Å². The predicted octanol–water partition coefficient (Wildman–Crippen LogP) is 4.96. The lowest BCUT2D eigenvalue weighted by atomic mass is 9.98. The van der Waals surface area contributed by atoms with Crippen LogP contribution in [0.15, 0.2) is 47.1 Å². The van der Waals surface area contributed by atoms with Crippen molar-refractivity contribution in [2.24, 2.45) is 0 Å². The van der Waals surface area contributed by atoms with Gasteiger partial charge in [-0.25, -0.2) is 4.39 Å². The zero-order valence-electron chi connectivity index (χ0n) is 16.6. The lowest BCUT2D eigenvalue weighted by Gasteiger charge is -2.13. The van der Waals surface area contributed by atoms with Crippen LogP contribution in [0.3, 0.4) is 0 Å². The van der Waals surface area contributed by atoms with Gasteiger partial charge in [0.2, 0.25) is 5.91 Å². The number of rotatable bonds is 6. The van der Waals surface area contributed by atoms with E-state index in [0.29, 0.717) is 18.7 Å². The van der Waals surface area contributed by atoms with Crippen LogP contribution >= 0.6 is 0 Å². The number of nitrogens with one attached hydrogen (secondary N) is 1. The topological polar surface area (TPSA) is 51.5 Å². The van der Waals surface area contributed by atoms with E-state index in [-0.39, 0.29) is 11.7 Å². The van der Waals surface area contributed by atoms with Gasteiger partial charge in [0.05, 0.1) is 13.4 Å². The van der Waals surface area contributed by atoms with Crippen molar-refractivity contribution in [3.05, 3.63) is 70.7 Å². The SMILES string of the molecule is COc1c(/C(C)=C/C(=O)NCCc2ccc(F)cc2)cc2c(C)coc2c1C. The van der Waals surface area contributed by atoms with Gasteiger partial charge in [-0.05, 0) is 62.1 Å². The number of aryl methyl sites for hydroxylation is 2. The summed E-state index contributed by atoms with van der Waals surface area (Å²) in [5.74, 6) is 0.262. The molecule has 4 nitrogen and oxygen atoms in total. The summed E-state index contributed by atoms with van der Waals surface area (Å²) in [6.07, 6.45) is 3.94. The second-order valence-electron chi connectivity index (χ2n) is 6.87. The number of ether oxygens (including phenoxy) is 1. The molecular formula is C23H24FNO3. The molecule has 1 N–H and O–H groups in total. The summed E-state index contributed by atoms with van der Waals surface area (Å²) in [7, 11) is 1.61. The molecule has 0 spiro atoms. The van der Waals surface area contributed by atoms with Crippen molar-refractivity contribution in [1.82, 2.24) is 5.32 Å². The molecule has 1 amide bonds. The molecule has 2 aromatic carbocycles. The highest BCUT2D eigenvalue weighted by Gasteiger charge is 2.16. The summed E-state index contributed by atoms with van der Waals surface area (Å²) in [5, 5.41) is 3.89. The Morgan fingerprint density at radius 2 is 1.96 bits per heavy atom. The van der Waals surface area contributed by atoms with Crippen LogP contribution in [0.4, 0.5) is 4.39 Å². The smallest absolute Gasteiger partial charge is 0.244 e. The van der Waals surface area contributed by atoms with Gasteiger partial charge in [-0.15, -0.1) is 0 Å². The molecule has 146 valence electrons. The summed E-state index contributed by atoms with van der Waals surface area (Å²) in [6, 6.07) is 8.28. The molecular weight excluding hydrogens is 357 g/mol. The Labute approximate surface area is 164 Å². The zero-order valence-corrected chi connectivity index (χ0v) is 16.6. The fourth-order valence-electron chi connectivity index (χ4n) is 3.30. The molecule has 0 bridgehead atoms. The summed E-state index contributed by atoms with van der Waals surface area (Å²) in [5.41, 5.74) is 5.40. The van der Waals surface area contributed by atoms with Crippen molar-refractivity contribution < 1.29 is 18.3 Å². The van der Waals surface area contributed by atoms with Gasteiger partial charge in [-0.1, -0.05) is 12.1 Å². The van der Waals surface area contributed by atoms with Crippen LogP contribution < -0.4 is 10.1 Å². The maximum atomic E-state index is 12.9. The molecule has 5 heteroatoms. The minimum Gasteiger partial charge on any atom is -0.496 e. The van der Waals surface area contributed by atoms with Crippen molar-refractivity contribution in [1.29, 1.82) is 0 Å². The number of hydrogen-bond acceptors (Lipinski definition) is 3. The highest BCUT2D eigenvalue weighted by molar-refractivity contribution is 5.98. The first-order chi connectivity index (χ1) is 13.4. The third-order valence-electron chi connectivity index (χ3n) is 4.84. The van der Waals surface area contributed by atoms with Gasteiger partial charge in [0.15, 0.2) is 0 Å². The van der Waals surface area contributed by atoms with Crippen molar-refractivity contribution in [3.8, 4) is 5.75 Å². The number of benzene rings is 2. The van der Waals surface area contributed by atoms with Gasteiger partial charge < -0.3 is 14.5 Å². The standard InChI is InChI=1S/C23H24FNO3/c1-14(11-21(26)25-10-9-17-5-7-18(24)8-6-17)19-12-20-15(2)13-28-23(20)16(3)22(19)27-4/h5-8,11-13H,9-10H2,1-4H3,(H,25,26)/b14-11+. The average molecular weight is 381 g/mol. The summed E-state index contributed by atoms with van der Waals surface area (Å²) < 4.78 is 24.2. The Hall–Kier alpha value is -3.08. The third-order valence-corrected chi connectivity index (χ3v) is 4.84. The number of carbonyl (C=O) groups excluding carboxylic acids is 1. The molecule has 0 saturated carbocycles. The highest BCUT2D eigenvalue weighted by atomic mass is 19.1. The Balaban J connectivity index is 1.75.